The topological polar surface area (TPSA) is 29.9 Å². The molecule has 0 saturated heterocycles. The zero-order chi connectivity index (χ0) is 12.0. The third-order valence-corrected chi connectivity index (χ3v) is 2.86. The number of nitrogens with zero attached hydrogens (tertiary/aromatic N) is 2. The van der Waals surface area contributed by atoms with Crippen LogP contribution < -0.4 is 5.32 Å². The molecule has 0 radical (unpaired) electrons. The fourth-order valence-corrected chi connectivity index (χ4v) is 1.67. The second-order valence-corrected chi connectivity index (χ2v) is 4.28. The van der Waals surface area contributed by atoms with Gasteiger partial charge in [0.25, 0.3) is 0 Å². The first kappa shape index (κ1) is 13.0. The highest BCUT2D eigenvalue weighted by Gasteiger charge is 2.05. The first-order chi connectivity index (χ1) is 7.65. The molecule has 90 valence electrons. The molecular weight excluding hydrogens is 198 g/mol. The first-order valence-electron chi connectivity index (χ1n) is 5.98. The normalized spacial score (nSPS) is 13.5. The van der Waals surface area contributed by atoms with Gasteiger partial charge in [-0.2, -0.15) is 0 Å². The minimum absolute atomic E-state index is 0.484. The van der Waals surface area contributed by atoms with Crippen molar-refractivity contribution in [2.75, 3.05) is 6.54 Å². The van der Waals surface area contributed by atoms with Gasteiger partial charge < -0.3 is 9.88 Å². The highest BCUT2D eigenvalue weighted by atomic mass is 15.1. The predicted molar refractivity (Wildman–Crippen MR) is 68.6 cm³/mol. The van der Waals surface area contributed by atoms with E-state index in [0.29, 0.717) is 6.04 Å². The van der Waals surface area contributed by atoms with Crippen molar-refractivity contribution in [3.05, 3.63) is 29.9 Å². The quantitative estimate of drug-likeness (QED) is 0.590. The molecule has 0 aliphatic heterocycles. The van der Waals surface area contributed by atoms with Crippen LogP contribution in [-0.4, -0.2) is 22.1 Å². The summed E-state index contributed by atoms with van der Waals surface area (Å²) in [7, 11) is 0. The Bertz CT molecular complexity index is 339. The molecule has 3 heteroatoms. The predicted octanol–water partition coefficient (Wildman–Crippen LogP) is 2.44. The van der Waals surface area contributed by atoms with Gasteiger partial charge >= 0.3 is 0 Å². The molecule has 1 heterocycles. The molecule has 1 rings (SSSR count). The molecule has 1 atom stereocenters. The molecule has 1 unspecified atom stereocenters. The number of hydrogen-bond acceptors (Lipinski definition) is 2. The van der Waals surface area contributed by atoms with Crippen molar-refractivity contribution < 1.29 is 0 Å². The number of allylic oxidation sites excluding steroid dienone is 1. The van der Waals surface area contributed by atoms with Crippen LogP contribution in [0.15, 0.2) is 18.5 Å². The van der Waals surface area contributed by atoms with Gasteiger partial charge in [-0.1, -0.05) is 12.2 Å². The van der Waals surface area contributed by atoms with Crippen molar-refractivity contribution in [2.24, 2.45) is 0 Å². The molecule has 0 amide bonds. The van der Waals surface area contributed by atoms with E-state index in [1.165, 1.54) is 5.69 Å². The molecule has 0 spiro atoms. The number of nitrogens with one attached hydrogen (secondary N) is 1. The SMILES string of the molecule is C/C=C/CCNC(C)Cn1cnc(C)c1C. The Labute approximate surface area is 98.6 Å². The maximum Gasteiger partial charge on any atom is 0.0951 e. The summed E-state index contributed by atoms with van der Waals surface area (Å²) >= 11 is 0. The monoisotopic (exact) mass is 221 g/mol. The molecule has 0 bridgehead atoms. The molecule has 3 nitrogen and oxygen atoms in total. The average Bonchev–Trinajstić information content (AvgIpc) is 2.56. The van der Waals surface area contributed by atoms with E-state index in [9.17, 15) is 0 Å². The molecule has 0 aliphatic rings. The standard InChI is InChI=1S/C13H23N3/c1-5-6-7-8-14-11(2)9-16-10-15-12(3)13(16)4/h5-6,10-11,14H,7-9H2,1-4H3/b6-5+. The van der Waals surface area contributed by atoms with Crippen LogP contribution in [0, 0.1) is 13.8 Å². The number of aromatic nitrogens is 2. The zero-order valence-electron chi connectivity index (χ0n) is 10.8. The Morgan fingerprint density at radius 3 is 2.81 bits per heavy atom. The Morgan fingerprint density at radius 2 is 2.25 bits per heavy atom. The van der Waals surface area contributed by atoms with Gasteiger partial charge in [0.1, 0.15) is 0 Å². The third kappa shape index (κ3) is 3.81. The van der Waals surface area contributed by atoms with E-state index in [1.807, 2.05) is 6.33 Å². The molecule has 0 saturated carbocycles. The summed E-state index contributed by atoms with van der Waals surface area (Å²) in [5.74, 6) is 0. The lowest BCUT2D eigenvalue weighted by Crippen LogP contribution is -2.31. The van der Waals surface area contributed by atoms with Crippen LogP contribution in [0.25, 0.3) is 0 Å². The van der Waals surface area contributed by atoms with E-state index in [4.69, 9.17) is 0 Å². The molecule has 16 heavy (non-hydrogen) atoms. The van der Waals surface area contributed by atoms with Crippen LogP contribution in [0.2, 0.25) is 0 Å². The largest absolute Gasteiger partial charge is 0.333 e. The Kier molecular flexibility index (Phi) is 5.26. The van der Waals surface area contributed by atoms with Crippen LogP contribution in [0.5, 0.6) is 0 Å². The molecule has 1 aromatic heterocycles. The van der Waals surface area contributed by atoms with Crippen LogP contribution >= 0.6 is 0 Å². The summed E-state index contributed by atoms with van der Waals surface area (Å²) in [5, 5.41) is 3.50. The Morgan fingerprint density at radius 1 is 1.50 bits per heavy atom. The van der Waals surface area contributed by atoms with Gasteiger partial charge in [0, 0.05) is 18.3 Å². The maximum absolute atomic E-state index is 4.30. The van der Waals surface area contributed by atoms with Crippen molar-refractivity contribution in [2.45, 2.75) is 46.7 Å². The summed E-state index contributed by atoms with van der Waals surface area (Å²) in [6, 6.07) is 0.484. The number of imidazole rings is 1. The lowest BCUT2D eigenvalue weighted by atomic mass is 10.3. The van der Waals surface area contributed by atoms with Crippen LogP contribution in [0.1, 0.15) is 31.7 Å². The number of hydrogen-bond donors (Lipinski definition) is 1. The van der Waals surface area contributed by atoms with Crippen LogP contribution in [-0.2, 0) is 6.54 Å². The lowest BCUT2D eigenvalue weighted by molar-refractivity contribution is 0.476. The molecule has 1 aromatic rings. The van der Waals surface area contributed by atoms with Gasteiger partial charge in [-0.05, 0) is 40.7 Å². The number of aryl methyl sites for hydroxylation is 1. The molecule has 0 aromatic carbocycles. The second kappa shape index (κ2) is 6.48. The van der Waals surface area contributed by atoms with E-state index in [2.05, 4.69) is 54.7 Å². The molecule has 0 fully saturated rings. The Balaban J connectivity index is 2.34. The molecule has 1 N–H and O–H groups in total. The van der Waals surface area contributed by atoms with Crippen molar-refractivity contribution in [1.29, 1.82) is 0 Å². The van der Waals surface area contributed by atoms with Crippen molar-refractivity contribution in [3.63, 3.8) is 0 Å². The minimum Gasteiger partial charge on any atom is -0.333 e. The average molecular weight is 221 g/mol. The van der Waals surface area contributed by atoms with Crippen LogP contribution in [0.4, 0.5) is 0 Å². The fraction of sp³-hybridized carbons (Fsp3) is 0.615. The highest BCUT2D eigenvalue weighted by Crippen LogP contribution is 2.04. The summed E-state index contributed by atoms with van der Waals surface area (Å²) in [4.78, 5) is 4.30. The molecule has 0 aliphatic carbocycles. The van der Waals surface area contributed by atoms with Gasteiger partial charge in [-0.25, -0.2) is 4.98 Å². The van der Waals surface area contributed by atoms with E-state index in [0.717, 1.165) is 25.2 Å². The van der Waals surface area contributed by atoms with Gasteiger partial charge in [0.15, 0.2) is 0 Å². The zero-order valence-corrected chi connectivity index (χ0v) is 10.8. The number of rotatable bonds is 6. The summed E-state index contributed by atoms with van der Waals surface area (Å²) < 4.78 is 2.21. The molecular formula is C13H23N3. The van der Waals surface area contributed by atoms with E-state index >= 15 is 0 Å². The van der Waals surface area contributed by atoms with Crippen molar-refractivity contribution in [1.82, 2.24) is 14.9 Å². The van der Waals surface area contributed by atoms with E-state index in [1.54, 1.807) is 0 Å². The fourth-order valence-electron chi connectivity index (χ4n) is 1.67. The summed E-state index contributed by atoms with van der Waals surface area (Å²) in [5.41, 5.74) is 2.39. The van der Waals surface area contributed by atoms with Crippen LogP contribution in [0.3, 0.4) is 0 Å². The highest BCUT2D eigenvalue weighted by molar-refractivity contribution is 5.08. The lowest BCUT2D eigenvalue weighted by Gasteiger charge is -2.15. The maximum atomic E-state index is 4.30. The second-order valence-electron chi connectivity index (χ2n) is 4.28. The van der Waals surface area contributed by atoms with Gasteiger partial charge in [0.2, 0.25) is 0 Å². The first-order valence-corrected chi connectivity index (χ1v) is 5.98. The third-order valence-electron chi connectivity index (χ3n) is 2.86. The van der Waals surface area contributed by atoms with Gasteiger partial charge in [-0.15, -0.1) is 0 Å². The summed E-state index contributed by atoms with van der Waals surface area (Å²) in [6.07, 6.45) is 7.31. The minimum atomic E-state index is 0.484. The van der Waals surface area contributed by atoms with Gasteiger partial charge in [0.05, 0.1) is 12.0 Å². The Hall–Kier alpha value is -1.09. The van der Waals surface area contributed by atoms with E-state index < -0.39 is 0 Å². The van der Waals surface area contributed by atoms with Crippen molar-refractivity contribution >= 4 is 0 Å². The smallest absolute Gasteiger partial charge is 0.0951 e. The van der Waals surface area contributed by atoms with Crippen molar-refractivity contribution in [3.8, 4) is 0 Å². The van der Waals surface area contributed by atoms with Gasteiger partial charge in [-0.3, -0.25) is 0 Å². The van der Waals surface area contributed by atoms with E-state index in [-0.39, 0.29) is 0 Å². The summed E-state index contributed by atoms with van der Waals surface area (Å²) in [6.45, 7) is 10.5.